The zero-order chi connectivity index (χ0) is 22.7. The van der Waals surface area contributed by atoms with E-state index in [0.717, 1.165) is 32.6 Å². The Morgan fingerprint density at radius 1 is 1.25 bits per heavy atom. The zero-order valence-corrected chi connectivity index (χ0v) is 19.4. The third-order valence-electron chi connectivity index (χ3n) is 8.37. The Balaban J connectivity index is 1.16. The van der Waals surface area contributed by atoms with Crippen molar-refractivity contribution in [3.8, 4) is 0 Å². The van der Waals surface area contributed by atoms with Gasteiger partial charge in [-0.2, -0.15) is 0 Å². The van der Waals surface area contributed by atoms with Gasteiger partial charge in [-0.3, -0.25) is 15.4 Å². The summed E-state index contributed by atoms with van der Waals surface area (Å²) in [5.41, 5.74) is -0.513. The monoisotopic (exact) mass is 476 g/mol. The molecule has 5 fully saturated rings. The average molecular weight is 477 g/mol. The SMILES string of the molecule is CC(F)(F)C1CC(F)CC2NC(C(=O)N3CCC4NC(NCC5(O)CCC5)SC4C3)CC21. The molecule has 0 bridgehead atoms. The molecular weight excluding hydrogens is 441 g/mol. The molecule has 0 aromatic rings. The number of hydrogen-bond donors (Lipinski definition) is 4. The summed E-state index contributed by atoms with van der Waals surface area (Å²) in [5.74, 6) is -4.35. The second kappa shape index (κ2) is 8.59. The highest BCUT2D eigenvalue weighted by molar-refractivity contribution is 8.00. The Morgan fingerprint density at radius 3 is 2.72 bits per heavy atom. The van der Waals surface area contributed by atoms with Gasteiger partial charge in [-0.1, -0.05) is 0 Å². The van der Waals surface area contributed by atoms with Crippen molar-refractivity contribution in [3.63, 3.8) is 0 Å². The molecule has 4 N–H and O–H groups in total. The molecule has 2 aliphatic carbocycles. The molecule has 0 radical (unpaired) electrons. The normalized spacial score (nSPS) is 43.5. The van der Waals surface area contributed by atoms with E-state index in [4.69, 9.17) is 0 Å². The number of nitrogens with zero attached hydrogens (tertiary/aromatic N) is 1. The molecule has 0 aromatic heterocycles. The second-order valence-corrected chi connectivity index (χ2v) is 12.1. The number of amides is 1. The van der Waals surface area contributed by atoms with Crippen molar-refractivity contribution in [2.24, 2.45) is 11.8 Å². The molecule has 3 aliphatic heterocycles. The zero-order valence-electron chi connectivity index (χ0n) is 18.5. The fourth-order valence-corrected chi connectivity index (χ4v) is 7.83. The first-order valence-corrected chi connectivity index (χ1v) is 13.0. The van der Waals surface area contributed by atoms with E-state index in [1.165, 1.54) is 0 Å². The predicted octanol–water partition coefficient (Wildman–Crippen LogP) is 1.83. The third kappa shape index (κ3) is 4.54. The lowest BCUT2D eigenvalue weighted by Gasteiger charge is -2.38. The molecule has 3 saturated heterocycles. The molecule has 5 aliphatic rings. The summed E-state index contributed by atoms with van der Waals surface area (Å²) in [6.07, 6.45) is 2.82. The summed E-state index contributed by atoms with van der Waals surface area (Å²) < 4.78 is 42.4. The van der Waals surface area contributed by atoms with Gasteiger partial charge in [-0.15, -0.1) is 11.8 Å². The van der Waals surface area contributed by atoms with Crippen molar-refractivity contribution >= 4 is 17.7 Å². The van der Waals surface area contributed by atoms with Gasteiger partial charge in [0.15, 0.2) is 0 Å². The number of piperidine rings is 1. The Bertz CT molecular complexity index is 722. The smallest absolute Gasteiger partial charge is 0.248 e. The Labute approximate surface area is 191 Å². The number of fused-ring (bicyclic) bond motifs is 2. The van der Waals surface area contributed by atoms with Gasteiger partial charge in [0, 0.05) is 42.9 Å². The van der Waals surface area contributed by atoms with E-state index >= 15 is 0 Å². The quantitative estimate of drug-likeness (QED) is 0.485. The molecule has 0 aromatic carbocycles. The lowest BCUT2D eigenvalue weighted by Crippen LogP contribution is -2.54. The maximum atomic E-state index is 14.1. The second-order valence-electron chi connectivity index (χ2n) is 10.7. The van der Waals surface area contributed by atoms with Crippen LogP contribution in [0.3, 0.4) is 0 Å². The standard InChI is InChI=1S/C22H35F3N4O2S/c1-21(24,25)14-7-12(23)8-16-13(14)9-17(27-16)19(30)29-6-3-15-18(10-29)32-20(28-15)26-11-22(31)4-2-5-22/h12-18,20,26-28,31H,2-11H2,1H3. The molecule has 3 heterocycles. The van der Waals surface area contributed by atoms with Crippen molar-refractivity contribution in [1.82, 2.24) is 20.9 Å². The van der Waals surface area contributed by atoms with Gasteiger partial charge >= 0.3 is 0 Å². The molecule has 0 spiro atoms. The number of rotatable bonds is 5. The summed E-state index contributed by atoms with van der Waals surface area (Å²) in [7, 11) is 0. The van der Waals surface area contributed by atoms with Crippen LogP contribution in [0.5, 0.6) is 0 Å². The molecule has 8 unspecified atom stereocenters. The summed E-state index contributed by atoms with van der Waals surface area (Å²) in [4.78, 5) is 15.1. The summed E-state index contributed by atoms with van der Waals surface area (Å²) in [6, 6.07) is -0.542. The van der Waals surface area contributed by atoms with Crippen molar-refractivity contribution in [2.75, 3.05) is 19.6 Å². The maximum Gasteiger partial charge on any atom is 0.248 e. The number of likely N-dealkylation sites (tertiary alicyclic amines) is 1. The number of thioether (sulfide) groups is 1. The van der Waals surface area contributed by atoms with Crippen LogP contribution in [0, 0.1) is 11.8 Å². The number of halogens is 3. The molecule has 2 saturated carbocycles. The molecule has 10 heteroatoms. The minimum Gasteiger partial charge on any atom is -0.389 e. The Hall–Kier alpha value is -0.550. The van der Waals surface area contributed by atoms with Crippen molar-refractivity contribution in [1.29, 1.82) is 0 Å². The van der Waals surface area contributed by atoms with Crippen LogP contribution in [0.15, 0.2) is 0 Å². The van der Waals surface area contributed by atoms with Gasteiger partial charge in [0.1, 0.15) is 11.7 Å². The number of hydrogen-bond acceptors (Lipinski definition) is 6. The van der Waals surface area contributed by atoms with Crippen LogP contribution in [0.2, 0.25) is 0 Å². The first-order valence-electron chi connectivity index (χ1n) is 12.1. The fraction of sp³-hybridized carbons (Fsp3) is 0.955. The topological polar surface area (TPSA) is 76.6 Å². The molecule has 5 rings (SSSR count). The third-order valence-corrected chi connectivity index (χ3v) is 9.78. The first-order chi connectivity index (χ1) is 15.1. The van der Waals surface area contributed by atoms with Gasteiger partial charge < -0.3 is 15.3 Å². The van der Waals surface area contributed by atoms with Crippen molar-refractivity contribution < 1.29 is 23.1 Å². The molecule has 1 amide bonds. The number of carbonyl (C=O) groups is 1. The highest BCUT2D eigenvalue weighted by Crippen LogP contribution is 2.46. The van der Waals surface area contributed by atoms with E-state index in [1.807, 2.05) is 4.90 Å². The molecular formula is C22H35F3N4O2S. The van der Waals surface area contributed by atoms with Gasteiger partial charge in [-0.05, 0) is 57.8 Å². The van der Waals surface area contributed by atoms with Crippen LogP contribution in [-0.2, 0) is 4.79 Å². The number of alkyl halides is 3. The van der Waals surface area contributed by atoms with E-state index in [-0.39, 0.29) is 41.5 Å². The average Bonchev–Trinajstić information content (AvgIpc) is 3.31. The Morgan fingerprint density at radius 2 is 2.03 bits per heavy atom. The van der Waals surface area contributed by atoms with Crippen LogP contribution in [0.25, 0.3) is 0 Å². The number of carbonyl (C=O) groups excluding carboxylic acids is 1. The first kappa shape index (κ1) is 23.2. The van der Waals surface area contributed by atoms with Gasteiger partial charge in [0.25, 0.3) is 0 Å². The number of aliphatic hydroxyl groups is 1. The summed E-state index contributed by atoms with van der Waals surface area (Å²) in [5, 5.41) is 20.8. The van der Waals surface area contributed by atoms with Crippen molar-refractivity contribution in [2.45, 2.75) is 98.4 Å². The van der Waals surface area contributed by atoms with Gasteiger partial charge in [0.05, 0.1) is 11.6 Å². The van der Waals surface area contributed by atoms with Gasteiger partial charge in [-0.25, -0.2) is 13.2 Å². The van der Waals surface area contributed by atoms with Crippen LogP contribution in [0.4, 0.5) is 13.2 Å². The van der Waals surface area contributed by atoms with Crippen LogP contribution in [-0.4, -0.2) is 82.1 Å². The van der Waals surface area contributed by atoms with E-state index in [9.17, 15) is 23.1 Å². The van der Waals surface area contributed by atoms with Crippen LogP contribution in [0.1, 0.15) is 51.9 Å². The lowest BCUT2D eigenvalue weighted by molar-refractivity contribution is -0.134. The lowest BCUT2D eigenvalue weighted by atomic mass is 9.72. The number of nitrogens with one attached hydrogen (secondary N) is 3. The molecule has 32 heavy (non-hydrogen) atoms. The minimum atomic E-state index is -2.94. The molecule has 6 nitrogen and oxygen atoms in total. The van der Waals surface area contributed by atoms with E-state index in [2.05, 4.69) is 16.0 Å². The van der Waals surface area contributed by atoms with Crippen molar-refractivity contribution in [3.05, 3.63) is 0 Å². The maximum absolute atomic E-state index is 14.1. The minimum absolute atomic E-state index is 0.0350. The fourth-order valence-electron chi connectivity index (χ4n) is 6.38. The molecule has 8 atom stereocenters. The highest BCUT2D eigenvalue weighted by atomic mass is 32.2. The van der Waals surface area contributed by atoms with Crippen LogP contribution >= 0.6 is 11.8 Å². The molecule has 182 valence electrons. The predicted molar refractivity (Wildman–Crippen MR) is 117 cm³/mol. The highest BCUT2D eigenvalue weighted by Gasteiger charge is 2.53. The van der Waals surface area contributed by atoms with E-state index in [1.54, 1.807) is 11.8 Å². The van der Waals surface area contributed by atoms with E-state index in [0.29, 0.717) is 32.1 Å². The Kier molecular flexibility index (Phi) is 6.23. The summed E-state index contributed by atoms with van der Waals surface area (Å²) in [6.45, 7) is 2.71. The van der Waals surface area contributed by atoms with E-state index < -0.39 is 29.7 Å². The van der Waals surface area contributed by atoms with Crippen LogP contribution < -0.4 is 16.0 Å². The van der Waals surface area contributed by atoms with Gasteiger partial charge in [0.2, 0.25) is 11.8 Å². The summed E-state index contributed by atoms with van der Waals surface area (Å²) >= 11 is 1.76. The largest absolute Gasteiger partial charge is 0.389 e.